The Bertz CT molecular complexity index is 964. The Labute approximate surface area is 166 Å². The van der Waals surface area contributed by atoms with Gasteiger partial charge in [-0.2, -0.15) is 0 Å². The van der Waals surface area contributed by atoms with Gasteiger partial charge in [0.25, 0.3) is 0 Å². The normalized spacial score (nSPS) is 11.0. The van der Waals surface area contributed by atoms with Crippen molar-refractivity contribution in [2.45, 2.75) is 6.36 Å². The number of aromatic nitrogens is 1. The van der Waals surface area contributed by atoms with Crippen LogP contribution in [-0.4, -0.2) is 17.4 Å². The summed E-state index contributed by atoms with van der Waals surface area (Å²) >= 11 is 3.07. The number of ether oxygens (including phenoxy) is 1. The maximum Gasteiger partial charge on any atom is 0.573 e. The summed E-state index contributed by atoms with van der Waals surface area (Å²) < 4.78 is 42.0. The third-order valence-corrected chi connectivity index (χ3v) is 4.05. The zero-order valence-corrected chi connectivity index (χ0v) is 15.7. The van der Waals surface area contributed by atoms with E-state index in [-0.39, 0.29) is 5.69 Å². The van der Waals surface area contributed by atoms with E-state index in [9.17, 15) is 18.0 Å². The molecule has 28 heavy (non-hydrogen) atoms. The van der Waals surface area contributed by atoms with Gasteiger partial charge in [-0.05, 0) is 47.5 Å². The van der Waals surface area contributed by atoms with Crippen LogP contribution in [0.15, 0.2) is 71.5 Å². The third-order valence-electron chi connectivity index (χ3n) is 3.56. The summed E-state index contributed by atoms with van der Waals surface area (Å²) in [5, 5.41) is 4.91. The van der Waals surface area contributed by atoms with Gasteiger partial charge >= 0.3 is 12.4 Å². The van der Waals surface area contributed by atoms with Crippen molar-refractivity contribution in [1.29, 1.82) is 0 Å². The van der Waals surface area contributed by atoms with E-state index < -0.39 is 18.1 Å². The third kappa shape index (κ3) is 5.46. The molecule has 0 radical (unpaired) electrons. The highest BCUT2D eigenvalue weighted by molar-refractivity contribution is 9.10. The molecule has 0 aliphatic rings. The molecule has 0 saturated carbocycles. The van der Waals surface area contributed by atoms with Crippen LogP contribution in [0.3, 0.4) is 0 Å². The lowest BCUT2D eigenvalue weighted by Crippen LogP contribution is -2.22. The van der Waals surface area contributed by atoms with Crippen LogP contribution in [0.1, 0.15) is 0 Å². The first-order valence-electron chi connectivity index (χ1n) is 7.94. The molecule has 2 amide bonds. The molecule has 0 spiro atoms. The Balaban J connectivity index is 1.69. The number of pyridine rings is 1. The number of hydrogen-bond donors (Lipinski definition) is 2. The molecule has 0 aliphatic carbocycles. The Kier molecular flexibility index (Phi) is 5.84. The summed E-state index contributed by atoms with van der Waals surface area (Å²) in [5.41, 5.74) is 2.18. The molecule has 0 aliphatic heterocycles. The Morgan fingerprint density at radius 3 is 2.39 bits per heavy atom. The molecule has 144 valence electrons. The summed E-state index contributed by atoms with van der Waals surface area (Å²) in [6.45, 7) is 0. The molecule has 3 aromatic rings. The average molecular weight is 452 g/mol. The van der Waals surface area contributed by atoms with E-state index in [0.717, 1.165) is 17.2 Å². The van der Waals surface area contributed by atoms with Crippen molar-refractivity contribution in [3.8, 4) is 16.9 Å². The largest absolute Gasteiger partial charge is 0.573 e. The number of anilines is 2. The fourth-order valence-corrected chi connectivity index (χ4v) is 2.71. The summed E-state index contributed by atoms with van der Waals surface area (Å²) in [7, 11) is 0. The standard InChI is InChI=1S/C19H13BrF3N3O2/c20-14-5-8-16(17(10-14)28-19(21,22)23)26-18(27)25-15-6-3-12(4-7-15)13-2-1-9-24-11-13/h1-11H,(H2,25,26,27). The average Bonchev–Trinajstić information content (AvgIpc) is 2.64. The van der Waals surface area contributed by atoms with Gasteiger partial charge in [0.05, 0.1) is 5.69 Å². The molecule has 2 N–H and O–H groups in total. The number of hydrogen-bond acceptors (Lipinski definition) is 3. The highest BCUT2D eigenvalue weighted by Gasteiger charge is 2.32. The number of carbonyl (C=O) groups is 1. The fraction of sp³-hybridized carbons (Fsp3) is 0.0526. The molecule has 3 rings (SSSR count). The first-order valence-corrected chi connectivity index (χ1v) is 8.73. The van der Waals surface area contributed by atoms with Gasteiger partial charge in [-0.25, -0.2) is 4.79 Å². The van der Waals surface area contributed by atoms with Crippen molar-refractivity contribution < 1.29 is 22.7 Å². The summed E-state index contributed by atoms with van der Waals surface area (Å²) in [4.78, 5) is 16.2. The lowest BCUT2D eigenvalue weighted by Gasteiger charge is -2.15. The number of urea groups is 1. The van der Waals surface area contributed by atoms with Gasteiger partial charge in [0, 0.05) is 22.6 Å². The number of rotatable bonds is 4. The monoisotopic (exact) mass is 451 g/mol. The molecule has 2 aromatic carbocycles. The maximum absolute atomic E-state index is 12.5. The van der Waals surface area contributed by atoms with E-state index in [2.05, 4.69) is 36.3 Å². The van der Waals surface area contributed by atoms with Crippen LogP contribution < -0.4 is 15.4 Å². The molecule has 9 heteroatoms. The second kappa shape index (κ2) is 8.30. The summed E-state index contributed by atoms with van der Waals surface area (Å²) in [5.74, 6) is -0.524. The summed E-state index contributed by atoms with van der Waals surface area (Å²) in [6, 6.07) is 13.9. The number of carbonyl (C=O) groups excluding carboxylic acids is 1. The molecule has 0 bridgehead atoms. The molecule has 0 saturated heterocycles. The van der Waals surface area contributed by atoms with Gasteiger partial charge in [0.1, 0.15) is 0 Å². The molecule has 0 unspecified atom stereocenters. The van der Waals surface area contributed by atoms with Crippen LogP contribution in [0.4, 0.5) is 29.3 Å². The molecule has 1 heterocycles. The molecular weight excluding hydrogens is 439 g/mol. The van der Waals surface area contributed by atoms with Gasteiger partial charge in [0.15, 0.2) is 5.75 Å². The van der Waals surface area contributed by atoms with Gasteiger partial charge in [0.2, 0.25) is 0 Å². The molecule has 5 nitrogen and oxygen atoms in total. The SMILES string of the molecule is O=C(Nc1ccc(-c2cccnc2)cc1)Nc1ccc(Br)cc1OC(F)(F)F. The van der Waals surface area contributed by atoms with Crippen LogP contribution in [0, 0.1) is 0 Å². The van der Waals surface area contributed by atoms with Crippen molar-refractivity contribution in [3.05, 3.63) is 71.5 Å². The predicted octanol–water partition coefficient (Wildman–Crippen LogP) is 6.05. The lowest BCUT2D eigenvalue weighted by molar-refractivity contribution is -0.274. The summed E-state index contributed by atoms with van der Waals surface area (Å²) in [6.07, 6.45) is -1.50. The molecular formula is C19H13BrF3N3O2. The number of halogens is 4. The van der Waals surface area contributed by atoms with Gasteiger partial charge in [-0.1, -0.05) is 34.1 Å². The van der Waals surface area contributed by atoms with E-state index in [1.54, 1.807) is 36.7 Å². The van der Waals surface area contributed by atoms with Crippen LogP contribution in [0.2, 0.25) is 0 Å². The van der Waals surface area contributed by atoms with E-state index in [4.69, 9.17) is 0 Å². The van der Waals surface area contributed by atoms with E-state index in [0.29, 0.717) is 10.2 Å². The highest BCUT2D eigenvalue weighted by atomic mass is 79.9. The minimum atomic E-state index is -4.88. The minimum Gasteiger partial charge on any atom is -0.404 e. The van der Waals surface area contributed by atoms with Crippen molar-refractivity contribution >= 4 is 33.3 Å². The Morgan fingerprint density at radius 2 is 1.75 bits per heavy atom. The van der Waals surface area contributed by atoms with E-state index in [1.807, 2.05) is 12.1 Å². The van der Waals surface area contributed by atoms with Crippen LogP contribution in [0.25, 0.3) is 11.1 Å². The number of nitrogens with one attached hydrogen (secondary N) is 2. The van der Waals surface area contributed by atoms with Gasteiger partial charge < -0.3 is 15.4 Å². The zero-order chi connectivity index (χ0) is 20.1. The Hall–Kier alpha value is -3.07. The van der Waals surface area contributed by atoms with E-state index in [1.165, 1.54) is 12.1 Å². The van der Waals surface area contributed by atoms with Crippen LogP contribution >= 0.6 is 15.9 Å². The van der Waals surface area contributed by atoms with Gasteiger partial charge in [-0.15, -0.1) is 13.2 Å². The van der Waals surface area contributed by atoms with E-state index >= 15 is 0 Å². The first kappa shape index (κ1) is 19.7. The first-order chi connectivity index (χ1) is 13.3. The number of nitrogens with zero attached hydrogens (tertiary/aromatic N) is 1. The van der Waals surface area contributed by atoms with Crippen molar-refractivity contribution in [3.63, 3.8) is 0 Å². The van der Waals surface area contributed by atoms with Crippen molar-refractivity contribution in [2.75, 3.05) is 10.6 Å². The van der Waals surface area contributed by atoms with Crippen LogP contribution in [-0.2, 0) is 0 Å². The quantitative estimate of drug-likeness (QED) is 0.507. The molecule has 1 aromatic heterocycles. The second-order valence-corrected chi connectivity index (χ2v) is 6.50. The maximum atomic E-state index is 12.5. The number of benzene rings is 2. The highest BCUT2D eigenvalue weighted by Crippen LogP contribution is 2.33. The Morgan fingerprint density at radius 1 is 1.00 bits per heavy atom. The van der Waals surface area contributed by atoms with Crippen molar-refractivity contribution in [2.24, 2.45) is 0 Å². The zero-order valence-electron chi connectivity index (χ0n) is 14.1. The smallest absolute Gasteiger partial charge is 0.404 e. The lowest BCUT2D eigenvalue weighted by atomic mass is 10.1. The second-order valence-electron chi connectivity index (χ2n) is 5.59. The number of alkyl halides is 3. The van der Waals surface area contributed by atoms with Crippen LogP contribution in [0.5, 0.6) is 5.75 Å². The minimum absolute atomic E-state index is 0.120. The molecule has 0 fully saturated rings. The number of amides is 2. The predicted molar refractivity (Wildman–Crippen MR) is 103 cm³/mol. The topological polar surface area (TPSA) is 63.2 Å². The molecule has 0 atom stereocenters. The fourth-order valence-electron chi connectivity index (χ4n) is 2.37. The van der Waals surface area contributed by atoms with Gasteiger partial charge in [-0.3, -0.25) is 4.98 Å². The van der Waals surface area contributed by atoms with Crippen molar-refractivity contribution in [1.82, 2.24) is 4.98 Å².